The van der Waals surface area contributed by atoms with Crippen LogP contribution >= 0.6 is 0 Å². The number of hydrogen-bond donors (Lipinski definition) is 2. The van der Waals surface area contributed by atoms with Crippen LogP contribution in [-0.4, -0.2) is 34.6 Å². The molecule has 0 aliphatic carbocycles. The van der Waals surface area contributed by atoms with Crippen LogP contribution in [0.3, 0.4) is 0 Å². The molecule has 1 aliphatic rings. The number of sulfonamides is 1. The van der Waals surface area contributed by atoms with Crippen molar-refractivity contribution in [2.45, 2.75) is 18.2 Å². The zero-order valence-electron chi connectivity index (χ0n) is 16.0. The lowest BCUT2D eigenvalue weighted by molar-refractivity contribution is 0.601. The molecule has 1 heterocycles. The molecule has 0 spiro atoms. The van der Waals surface area contributed by atoms with Gasteiger partial charge in [-0.3, -0.25) is 4.72 Å². The molecule has 0 radical (unpaired) electrons. The van der Waals surface area contributed by atoms with E-state index in [0.29, 0.717) is 5.69 Å². The third-order valence-electron chi connectivity index (χ3n) is 5.16. The molecule has 6 heteroatoms. The van der Waals surface area contributed by atoms with Crippen LogP contribution in [0.4, 0.5) is 11.4 Å². The first-order valence-corrected chi connectivity index (χ1v) is 11.1. The fourth-order valence-electron chi connectivity index (χ4n) is 3.66. The van der Waals surface area contributed by atoms with Crippen LogP contribution in [0.25, 0.3) is 10.8 Å². The minimum Gasteiger partial charge on any atom is -0.370 e. The summed E-state index contributed by atoms with van der Waals surface area (Å²) in [4.78, 5) is 2.64. The van der Waals surface area contributed by atoms with Gasteiger partial charge in [-0.05, 0) is 44.2 Å². The molecular weight excluding hydrogens is 370 g/mol. The summed E-state index contributed by atoms with van der Waals surface area (Å²) in [6.45, 7) is 5.86. The van der Waals surface area contributed by atoms with E-state index >= 15 is 0 Å². The summed E-state index contributed by atoms with van der Waals surface area (Å²) in [5.41, 5.74) is 2.78. The molecule has 0 unspecified atom stereocenters. The third-order valence-corrected chi connectivity index (χ3v) is 6.54. The monoisotopic (exact) mass is 395 g/mol. The summed E-state index contributed by atoms with van der Waals surface area (Å²) in [5, 5.41) is 5.40. The Morgan fingerprint density at radius 1 is 0.893 bits per heavy atom. The van der Waals surface area contributed by atoms with E-state index in [1.165, 1.54) is 0 Å². The lowest BCUT2D eigenvalue weighted by Gasteiger charge is -2.25. The molecule has 28 heavy (non-hydrogen) atoms. The first-order chi connectivity index (χ1) is 13.5. The SMILES string of the molecule is Cc1ccc(S(=O)(=O)Nc2ccc(N3CCCNCC3)c3ccccc23)cc1. The van der Waals surface area contributed by atoms with E-state index in [1.807, 2.05) is 49.4 Å². The van der Waals surface area contributed by atoms with Crippen molar-refractivity contribution in [3.05, 3.63) is 66.2 Å². The second-order valence-corrected chi connectivity index (χ2v) is 8.87. The molecule has 0 saturated carbocycles. The number of anilines is 2. The Hall–Kier alpha value is -2.57. The molecule has 4 rings (SSSR count). The van der Waals surface area contributed by atoms with E-state index in [4.69, 9.17) is 0 Å². The number of hydrogen-bond acceptors (Lipinski definition) is 4. The summed E-state index contributed by atoms with van der Waals surface area (Å²) in [7, 11) is -3.64. The largest absolute Gasteiger partial charge is 0.370 e. The highest BCUT2D eigenvalue weighted by atomic mass is 32.2. The van der Waals surface area contributed by atoms with Crippen molar-refractivity contribution in [1.82, 2.24) is 5.32 Å². The average molecular weight is 396 g/mol. The Kier molecular flexibility index (Phi) is 5.24. The smallest absolute Gasteiger partial charge is 0.261 e. The lowest BCUT2D eigenvalue weighted by Crippen LogP contribution is -2.28. The van der Waals surface area contributed by atoms with E-state index in [-0.39, 0.29) is 4.90 Å². The Bertz CT molecular complexity index is 1070. The number of rotatable bonds is 4. The quantitative estimate of drug-likeness (QED) is 0.706. The standard InChI is InChI=1S/C22H25N3O2S/c1-17-7-9-18(10-8-17)28(26,27)24-21-11-12-22(20-6-3-2-5-19(20)21)25-15-4-13-23-14-16-25/h2-3,5-12,23-24H,4,13-16H2,1H3. The molecule has 0 atom stereocenters. The number of nitrogens with zero attached hydrogens (tertiary/aromatic N) is 1. The van der Waals surface area contributed by atoms with Gasteiger partial charge in [-0.15, -0.1) is 0 Å². The van der Waals surface area contributed by atoms with Crippen molar-refractivity contribution in [3.8, 4) is 0 Å². The molecule has 1 aliphatic heterocycles. The summed E-state index contributed by atoms with van der Waals surface area (Å²) in [6.07, 6.45) is 1.09. The second-order valence-electron chi connectivity index (χ2n) is 7.19. The fraction of sp³-hybridized carbons (Fsp3) is 0.273. The van der Waals surface area contributed by atoms with Gasteiger partial charge in [0, 0.05) is 36.1 Å². The van der Waals surface area contributed by atoms with E-state index in [0.717, 1.165) is 54.6 Å². The van der Waals surface area contributed by atoms with E-state index in [9.17, 15) is 8.42 Å². The second kappa shape index (κ2) is 7.81. The maximum atomic E-state index is 12.9. The van der Waals surface area contributed by atoms with Gasteiger partial charge in [-0.2, -0.15) is 0 Å². The van der Waals surface area contributed by atoms with Crippen molar-refractivity contribution in [2.75, 3.05) is 35.8 Å². The van der Waals surface area contributed by atoms with Crippen LogP contribution in [0.1, 0.15) is 12.0 Å². The Labute approximate surface area is 166 Å². The van der Waals surface area contributed by atoms with Crippen molar-refractivity contribution in [2.24, 2.45) is 0 Å². The number of fused-ring (bicyclic) bond motifs is 1. The summed E-state index contributed by atoms with van der Waals surface area (Å²) < 4.78 is 28.5. The molecule has 3 aromatic rings. The minimum atomic E-state index is -3.64. The van der Waals surface area contributed by atoms with Gasteiger partial charge in [0.2, 0.25) is 0 Å². The van der Waals surface area contributed by atoms with Crippen LogP contribution in [-0.2, 0) is 10.0 Å². The summed E-state index contributed by atoms with van der Waals surface area (Å²) in [5.74, 6) is 0. The van der Waals surface area contributed by atoms with Crippen LogP contribution in [0, 0.1) is 6.92 Å². The third kappa shape index (κ3) is 3.84. The van der Waals surface area contributed by atoms with Crippen molar-refractivity contribution >= 4 is 32.2 Å². The van der Waals surface area contributed by atoms with Gasteiger partial charge in [-0.25, -0.2) is 8.42 Å². The fourth-order valence-corrected chi connectivity index (χ4v) is 4.74. The molecule has 0 amide bonds. The number of benzene rings is 3. The molecule has 0 aromatic heterocycles. The highest BCUT2D eigenvalue weighted by Gasteiger charge is 2.18. The number of aryl methyl sites for hydroxylation is 1. The van der Waals surface area contributed by atoms with Gasteiger partial charge < -0.3 is 10.2 Å². The van der Waals surface area contributed by atoms with Crippen molar-refractivity contribution in [3.63, 3.8) is 0 Å². The van der Waals surface area contributed by atoms with Gasteiger partial charge in [0.15, 0.2) is 0 Å². The van der Waals surface area contributed by atoms with Gasteiger partial charge >= 0.3 is 0 Å². The Morgan fingerprint density at radius 2 is 1.64 bits per heavy atom. The Morgan fingerprint density at radius 3 is 2.43 bits per heavy atom. The summed E-state index contributed by atoms with van der Waals surface area (Å²) in [6, 6.07) is 18.8. The molecular formula is C22H25N3O2S. The van der Waals surface area contributed by atoms with Gasteiger partial charge in [0.05, 0.1) is 10.6 Å². The maximum Gasteiger partial charge on any atom is 0.261 e. The van der Waals surface area contributed by atoms with Crippen molar-refractivity contribution < 1.29 is 8.42 Å². The van der Waals surface area contributed by atoms with Crippen molar-refractivity contribution in [1.29, 1.82) is 0 Å². The van der Waals surface area contributed by atoms with E-state index in [2.05, 4.69) is 21.0 Å². The van der Waals surface area contributed by atoms with Gasteiger partial charge in [-0.1, -0.05) is 42.0 Å². The van der Waals surface area contributed by atoms with Crippen LogP contribution in [0.15, 0.2) is 65.6 Å². The Balaban J connectivity index is 1.72. The molecule has 1 fully saturated rings. The van der Waals surface area contributed by atoms with E-state index in [1.54, 1.807) is 12.1 Å². The average Bonchev–Trinajstić information content (AvgIpc) is 2.98. The van der Waals surface area contributed by atoms with Gasteiger partial charge in [0.25, 0.3) is 10.0 Å². The lowest BCUT2D eigenvalue weighted by atomic mass is 10.1. The van der Waals surface area contributed by atoms with E-state index < -0.39 is 10.0 Å². The molecule has 2 N–H and O–H groups in total. The first kappa shape index (κ1) is 18.8. The molecule has 1 saturated heterocycles. The number of nitrogens with one attached hydrogen (secondary N) is 2. The predicted molar refractivity (Wildman–Crippen MR) is 116 cm³/mol. The normalized spacial score (nSPS) is 15.4. The predicted octanol–water partition coefficient (Wildman–Crippen LogP) is 3.75. The minimum absolute atomic E-state index is 0.268. The molecule has 0 bridgehead atoms. The molecule has 3 aromatic carbocycles. The molecule has 146 valence electrons. The highest BCUT2D eigenvalue weighted by Crippen LogP contribution is 2.33. The molecule has 5 nitrogen and oxygen atoms in total. The maximum absolute atomic E-state index is 12.9. The van der Waals surface area contributed by atoms with Crippen LogP contribution in [0.2, 0.25) is 0 Å². The first-order valence-electron chi connectivity index (χ1n) is 9.61. The van der Waals surface area contributed by atoms with Crippen LogP contribution < -0.4 is 14.9 Å². The highest BCUT2D eigenvalue weighted by molar-refractivity contribution is 7.92. The zero-order valence-corrected chi connectivity index (χ0v) is 16.8. The zero-order chi connectivity index (χ0) is 19.6. The summed E-state index contributed by atoms with van der Waals surface area (Å²) >= 11 is 0. The van der Waals surface area contributed by atoms with Gasteiger partial charge in [0.1, 0.15) is 0 Å². The topological polar surface area (TPSA) is 61.4 Å². The van der Waals surface area contributed by atoms with Crippen LogP contribution in [0.5, 0.6) is 0 Å².